The molecule has 0 aliphatic heterocycles. The first-order chi connectivity index (χ1) is 11.1. The lowest BCUT2D eigenvalue weighted by molar-refractivity contribution is -0.274. The normalized spacial score (nSPS) is 12.6. The predicted octanol–water partition coefficient (Wildman–Crippen LogP) is 3.98. The summed E-state index contributed by atoms with van der Waals surface area (Å²) in [5.41, 5.74) is 0.637. The van der Waals surface area contributed by atoms with Gasteiger partial charge >= 0.3 is 11.7 Å². The number of rotatable bonds is 3. The number of ether oxygens (including phenoxy) is 1. The van der Waals surface area contributed by atoms with Crippen molar-refractivity contribution < 1.29 is 26.7 Å². The average Bonchev–Trinajstić information content (AvgIpc) is 2.89. The summed E-state index contributed by atoms with van der Waals surface area (Å²) in [5, 5.41) is 3.08. The van der Waals surface area contributed by atoms with Crippen LogP contribution in [0, 0.1) is 0 Å². The van der Waals surface area contributed by atoms with Gasteiger partial charge in [0.2, 0.25) is 5.82 Å². The molecule has 0 radical (unpaired) electrons. The van der Waals surface area contributed by atoms with E-state index in [0.717, 1.165) is 16.5 Å². The minimum atomic E-state index is -4.80. The van der Waals surface area contributed by atoms with E-state index in [4.69, 9.17) is 11.6 Å². The molecule has 0 bridgehead atoms. The van der Waals surface area contributed by atoms with E-state index in [0.29, 0.717) is 5.56 Å². The molecule has 5 nitrogen and oxygen atoms in total. The third kappa shape index (κ3) is 3.37. The molecule has 0 fully saturated rings. The Hall–Kier alpha value is -2.49. The highest BCUT2D eigenvalue weighted by Gasteiger charge is 2.34. The smallest absolute Gasteiger partial charge is 0.406 e. The second kappa shape index (κ2) is 5.55. The van der Waals surface area contributed by atoms with E-state index < -0.39 is 23.3 Å². The van der Waals surface area contributed by atoms with Gasteiger partial charge in [-0.3, -0.25) is 9.38 Å². The largest absolute Gasteiger partial charge is 0.573 e. The number of benzene rings is 1. The SMILES string of the molecule is FC(F)(F)Oc1ccc(-c2cn3c(C(F)(F)Cl)nnc3cn2)cc1. The van der Waals surface area contributed by atoms with Gasteiger partial charge in [-0.05, 0) is 35.9 Å². The zero-order valence-corrected chi connectivity index (χ0v) is 12.2. The number of aromatic nitrogens is 4. The van der Waals surface area contributed by atoms with Crippen molar-refractivity contribution in [2.45, 2.75) is 11.7 Å². The van der Waals surface area contributed by atoms with Crippen LogP contribution < -0.4 is 4.74 Å². The number of halogens is 6. The molecule has 3 rings (SSSR count). The molecule has 11 heteroatoms. The third-order valence-electron chi connectivity index (χ3n) is 2.93. The summed E-state index contributed by atoms with van der Waals surface area (Å²) in [4.78, 5) is 4.00. The van der Waals surface area contributed by atoms with Crippen LogP contribution in [0.25, 0.3) is 16.9 Å². The van der Waals surface area contributed by atoms with Crippen LogP contribution in [0.5, 0.6) is 5.75 Å². The molecule has 0 aliphatic rings. The van der Waals surface area contributed by atoms with Crippen LogP contribution in [0.1, 0.15) is 5.82 Å². The second-order valence-corrected chi connectivity index (χ2v) is 5.07. The van der Waals surface area contributed by atoms with Gasteiger partial charge in [0.25, 0.3) is 0 Å². The maximum atomic E-state index is 13.3. The third-order valence-corrected chi connectivity index (χ3v) is 3.10. The van der Waals surface area contributed by atoms with Crippen LogP contribution in [-0.2, 0) is 5.38 Å². The molecule has 3 aromatic rings. The van der Waals surface area contributed by atoms with Gasteiger partial charge in [0.1, 0.15) is 5.75 Å². The van der Waals surface area contributed by atoms with Gasteiger partial charge in [-0.1, -0.05) is 0 Å². The highest BCUT2D eigenvalue weighted by atomic mass is 35.5. The number of hydrogen-bond acceptors (Lipinski definition) is 4. The van der Waals surface area contributed by atoms with Gasteiger partial charge in [-0.25, -0.2) is 0 Å². The standard InChI is InChI=1S/C13H6ClF5N4O/c14-12(15,16)11-22-21-10-5-20-9(6-23(10)11)7-1-3-8(4-2-7)24-13(17,18)19/h1-6H. The summed E-state index contributed by atoms with van der Waals surface area (Å²) in [6.45, 7) is 0. The second-order valence-electron chi connectivity index (χ2n) is 4.59. The zero-order chi connectivity index (χ0) is 17.5. The molecule has 24 heavy (non-hydrogen) atoms. The van der Waals surface area contributed by atoms with Crippen molar-refractivity contribution in [3.05, 3.63) is 42.5 Å². The summed E-state index contributed by atoms with van der Waals surface area (Å²) in [5.74, 6) is -1.20. The monoisotopic (exact) mass is 364 g/mol. The molecule has 2 aromatic heterocycles. The number of nitrogens with zero attached hydrogens (tertiary/aromatic N) is 4. The molecular formula is C13H6ClF5N4O. The summed E-state index contributed by atoms with van der Waals surface area (Å²) in [6.07, 6.45) is -2.41. The van der Waals surface area contributed by atoms with Crippen LogP contribution in [0.2, 0.25) is 0 Å². The zero-order valence-electron chi connectivity index (χ0n) is 11.4. The van der Waals surface area contributed by atoms with E-state index in [2.05, 4.69) is 19.9 Å². The summed E-state index contributed by atoms with van der Waals surface area (Å²) in [6, 6.07) is 4.77. The van der Waals surface area contributed by atoms with Gasteiger partial charge in [0.05, 0.1) is 11.9 Å². The van der Waals surface area contributed by atoms with E-state index in [-0.39, 0.29) is 11.3 Å². The van der Waals surface area contributed by atoms with Crippen molar-refractivity contribution >= 4 is 17.2 Å². The Morgan fingerprint density at radius 1 is 1.00 bits per heavy atom. The molecule has 0 saturated heterocycles. The number of alkyl halides is 6. The fourth-order valence-electron chi connectivity index (χ4n) is 1.97. The number of hydrogen-bond donors (Lipinski definition) is 0. The highest BCUT2D eigenvalue weighted by molar-refractivity contribution is 6.21. The van der Waals surface area contributed by atoms with Gasteiger partial charge in [-0.15, -0.1) is 23.4 Å². The Balaban J connectivity index is 1.97. The Bertz CT molecular complexity index is 873. The Morgan fingerprint density at radius 3 is 2.25 bits per heavy atom. The van der Waals surface area contributed by atoms with Crippen molar-refractivity contribution in [1.82, 2.24) is 19.6 Å². The number of fused-ring (bicyclic) bond motifs is 1. The molecule has 0 spiro atoms. The minimum Gasteiger partial charge on any atom is -0.406 e. The Kier molecular flexibility index (Phi) is 3.78. The molecule has 0 amide bonds. The van der Waals surface area contributed by atoms with E-state index in [1.807, 2.05) is 0 Å². The van der Waals surface area contributed by atoms with Gasteiger partial charge in [0, 0.05) is 11.8 Å². The van der Waals surface area contributed by atoms with Crippen LogP contribution >= 0.6 is 11.6 Å². The van der Waals surface area contributed by atoms with Crippen LogP contribution in [0.3, 0.4) is 0 Å². The van der Waals surface area contributed by atoms with E-state index in [1.54, 1.807) is 0 Å². The molecule has 2 heterocycles. The first-order valence-corrected chi connectivity index (χ1v) is 6.65. The van der Waals surface area contributed by atoms with Crippen molar-refractivity contribution in [2.75, 3.05) is 0 Å². The van der Waals surface area contributed by atoms with Crippen LogP contribution in [0.15, 0.2) is 36.7 Å². The molecule has 0 N–H and O–H groups in total. The van der Waals surface area contributed by atoms with E-state index in [9.17, 15) is 22.0 Å². The first-order valence-electron chi connectivity index (χ1n) is 6.28. The molecule has 0 atom stereocenters. The Morgan fingerprint density at radius 2 is 1.67 bits per heavy atom. The fourth-order valence-corrected chi connectivity index (χ4v) is 2.10. The highest BCUT2D eigenvalue weighted by Crippen LogP contribution is 2.32. The van der Waals surface area contributed by atoms with E-state index in [1.165, 1.54) is 24.5 Å². The van der Waals surface area contributed by atoms with Gasteiger partial charge in [-0.2, -0.15) is 8.78 Å². The summed E-state index contributed by atoms with van der Waals surface area (Å²) >= 11 is 4.96. The van der Waals surface area contributed by atoms with Crippen LogP contribution in [-0.4, -0.2) is 25.9 Å². The minimum absolute atomic E-state index is 0.0473. The van der Waals surface area contributed by atoms with Crippen LogP contribution in [0.4, 0.5) is 22.0 Å². The molecule has 0 saturated carbocycles. The topological polar surface area (TPSA) is 52.3 Å². The Labute approximate surface area is 135 Å². The summed E-state index contributed by atoms with van der Waals surface area (Å²) < 4.78 is 67.6. The lowest BCUT2D eigenvalue weighted by atomic mass is 10.1. The van der Waals surface area contributed by atoms with E-state index >= 15 is 0 Å². The first kappa shape index (κ1) is 16.4. The quantitative estimate of drug-likeness (QED) is 0.521. The lowest BCUT2D eigenvalue weighted by Gasteiger charge is -2.09. The lowest BCUT2D eigenvalue weighted by Crippen LogP contribution is -2.16. The maximum absolute atomic E-state index is 13.3. The molecule has 1 aromatic carbocycles. The molecular weight excluding hydrogens is 359 g/mol. The molecule has 0 unspecified atom stereocenters. The average molecular weight is 365 g/mol. The molecule has 126 valence electrons. The molecule has 0 aliphatic carbocycles. The maximum Gasteiger partial charge on any atom is 0.573 e. The predicted molar refractivity (Wildman–Crippen MR) is 72.6 cm³/mol. The van der Waals surface area contributed by atoms with Crippen molar-refractivity contribution in [3.8, 4) is 17.0 Å². The van der Waals surface area contributed by atoms with Crippen molar-refractivity contribution in [2.24, 2.45) is 0 Å². The van der Waals surface area contributed by atoms with Gasteiger partial charge in [0.15, 0.2) is 5.65 Å². The van der Waals surface area contributed by atoms with Crippen molar-refractivity contribution in [3.63, 3.8) is 0 Å². The summed E-state index contributed by atoms with van der Waals surface area (Å²) in [7, 11) is 0. The fraction of sp³-hybridized carbons (Fsp3) is 0.154. The van der Waals surface area contributed by atoms with Crippen molar-refractivity contribution in [1.29, 1.82) is 0 Å². The van der Waals surface area contributed by atoms with Gasteiger partial charge < -0.3 is 4.74 Å².